The second-order valence-corrected chi connectivity index (χ2v) is 12.0. The monoisotopic (exact) mass is 493 g/mol. The van der Waals surface area contributed by atoms with E-state index in [2.05, 4.69) is 10.2 Å². The number of rotatable bonds is 8. The van der Waals surface area contributed by atoms with Gasteiger partial charge >= 0.3 is 0 Å². The second kappa shape index (κ2) is 10.2. The van der Waals surface area contributed by atoms with Gasteiger partial charge in [-0.05, 0) is 55.7 Å². The lowest BCUT2D eigenvalue weighted by Gasteiger charge is -2.31. The molecule has 1 amide bonds. The van der Waals surface area contributed by atoms with Gasteiger partial charge in [-0.1, -0.05) is 19.9 Å². The van der Waals surface area contributed by atoms with Crippen molar-refractivity contribution in [2.45, 2.75) is 42.9 Å². The number of nitrogens with one attached hydrogen (secondary N) is 1. The number of anilines is 2. The van der Waals surface area contributed by atoms with Crippen LogP contribution < -0.4 is 10.2 Å². The standard InChI is InChI=1S/C23H31N3O5S2/c1-4-26(5-2)33(30,31)20-12-13-22(25-14-7-6-8-15-25)21(17-20)24-23(27)18-10-9-11-19(16-18)32(3,28)29/h9-13,16-17H,4-8,14-15H2,1-3H3,(H,24,27). The van der Waals surface area contributed by atoms with Gasteiger partial charge in [0.2, 0.25) is 10.0 Å². The molecule has 0 spiro atoms. The quantitative estimate of drug-likeness (QED) is 0.605. The molecule has 0 aliphatic carbocycles. The number of sulfone groups is 1. The molecule has 1 heterocycles. The van der Waals surface area contributed by atoms with Crippen LogP contribution in [0.25, 0.3) is 0 Å². The number of benzene rings is 2. The number of piperidine rings is 1. The van der Waals surface area contributed by atoms with Crippen LogP contribution in [0.15, 0.2) is 52.3 Å². The van der Waals surface area contributed by atoms with E-state index in [9.17, 15) is 21.6 Å². The third-order valence-corrected chi connectivity index (χ3v) is 8.94. The summed E-state index contributed by atoms with van der Waals surface area (Å²) in [5, 5.41) is 2.83. The normalized spacial score (nSPS) is 15.0. The van der Waals surface area contributed by atoms with Crippen LogP contribution in [0.5, 0.6) is 0 Å². The topological polar surface area (TPSA) is 104 Å². The number of carbonyl (C=O) groups excluding carboxylic acids is 1. The fourth-order valence-electron chi connectivity index (χ4n) is 3.96. The van der Waals surface area contributed by atoms with Crippen LogP contribution in [-0.2, 0) is 19.9 Å². The van der Waals surface area contributed by atoms with Gasteiger partial charge in [0.15, 0.2) is 9.84 Å². The van der Waals surface area contributed by atoms with Crippen LogP contribution in [0.1, 0.15) is 43.5 Å². The van der Waals surface area contributed by atoms with Crippen molar-refractivity contribution >= 4 is 37.1 Å². The third-order valence-electron chi connectivity index (χ3n) is 5.78. The van der Waals surface area contributed by atoms with Crippen LogP contribution >= 0.6 is 0 Å². The van der Waals surface area contributed by atoms with Crippen molar-refractivity contribution in [3.8, 4) is 0 Å². The third kappa shape index (κ3) is 5.74. The minimum atomic E-state index is -3.71. The highest BCUT2D eigenvalue weighted by Crippen LogP contribution is 2.32. The largest absolute Gasteiger partial charge is 0.370 e. The predicted octanol–water partition coefficient (Wildman–Crippen LogP) is 3.36. The molecule has 180 valence electrons. The highest BCUT2D eigenvalue weighted by atomic mass is 32.2. The van der Waals surface area contributed by atoms with Crippen molar-refractivity contribution in [3.63, 3.8) is 0 Å². The Morgan fingerprint density at radius 1 is 0.939 bits per heavy atom. The molecule has 0 atom stereocenters. The number of nitrogens with zero attached hydrogens (tertiary/aromatic N) is 2. The van der Waals surface area contributed by atoms with Gasteiger partial charge in [-0.15, -0.1) is 0 Å². The summed E-state index contributed by atoms with van der Waals surface area (Å²) in [6.07, 6.45) is 4.25. The Hall–Kier alpha value is -2.43. The lowest BCUT2D eigenvalue weighted by molar-refractivity contribution is 0.102. The summed E-state index contributed by atoms with van der Waals surface area (Å²) in [6.45, 7) is 5.86. The summed E-state index contributed by atoms with van der Waals surface area (Å²) in [6, 6.07) is 10.6. The minimum absolute atomic E-state index is 0.0456. The lowest BCUT2D eigenvalue weighted by Crippen LogP contribution is -2.32. The van der Waals surface area contributed by atoms with Crippen LogP contribution in [0.2, 0.25) is 0 Å². The fourth-order valence-corrected chi connectivity index (χ4v) is 6.11. The maximum absolute atomic E-state index is 13.1. The van der Waals surface area contributed by atoms with Gasteiger partial charge in [0.25, 0.3) is 5.91 Å². The van der Waals surface area contributed by atoms with E-state index < -0.39 is 25.8 Å². The smallest absolute Gasteiger partial charge is 0.255 e. The van der Waals surface area contributed by atoms with Crippen LogP contribution in [0.3, 0.4) is 0 Å². The summed E-state index contributed by atoms with van der Waals surface area (Å²) < 4.78 is 51.3. The van der Waals surface area contributed by atoms with Crippen molar-refractivity contribution in [2.24, 2.45) is 0 Å². The first kappa shape index (κ1) is 25.2. The van der Waals surface area contributed by atoms with Gasteiger partial charge in [0.05, 0.1) is 21.2 Å². The first-order valence-electron chi connectivity index (χ1n) is 11.1. The first-order valence-corrected chi connectivity index (χ1v) is 14.4. The van der Waals surface area contributed by atoms with Gasteiger partial charge < -0.3 is 10.2 Å². The van der Waals surface area contributed by atoms with Gasteiger partial charge in [-0.3, -0.25) is 4.79 Å². The molecule has 33 heavy (non-hydrogen) atoms. The fraction of sp³-hybridized carbons (Fsp3) is 0.435. The maximum Gasteiger partial charge on any atom is 0.255 e. The number of sulfonamides is 1. The van der Waals surface area contributed by atoms with Gasteiger partial charge in [-0.2, -0.15) is 4.31 Å². The van der Waals surface area contributed by atoms with E-state index in [4.69, 9.17) is 0 Å². The molecule has 8 nitrogen and oxygen atoms in total. The molecule has 0 radical (unpaired) electrons. The van der Waals surface area contributed by atoms with Crippen LogP contribution in [0.4, 0.5) is 11.4 Å². The van der Waals surface area contributed by atoms with Crippen molar-refractivity contribution in [2.75, 3.05) is 42.7 Å². The number of carbonyl (C=O) groups is 1. The summed E-state index contributed by atoms with van der Waals surface area (Å²) in [4.78, 5) is 15.3. The van der Waals surface area contributed by atoms with E-state index in [1.807, 2.05) is 0 Å². The molecule has 0 bridgehead atoms. The Morgan fingerprint density at radius 3 is 2.21 bits per heavy atom. The molecule has 2 aromatic rings. The Kier molecular flexibility index (Phi) is 7.81. The van der Waals surface area contributed by atoms with Crippen LogP contribution in [-0.4, -0.2) is 59.5 Å². The molecule has 1 fully saturated rings. The zero-order chi connectivity index (χ0) is 24.2. The molecule has 0 saturated carbocycles. The highest BCUT2D eigenvalue weighted by molar-refractivity contribution is 7.90. The molecule has 10 heteroatoms. The molecule has 1 aliphatic heterocycles. The van der Waals surface area contributed by atoms with E-state index >= 15 is 0 Å². The Balaban J connectivity index is 2.03. The molecule has 1 saturated heterocycles. The lowest BCUT2D eigenvalue weighted by atomic mass is 10.1. The molecule has 0 unspecified atom stereocenters. The Bertz CT molecular complexity index is 1220. The van der Waals surface area contributed by atoms with Crippen molar-refractivity contribution < 1.29 is 21.6 Å². The van der Waals surface area contributed by atoms with Crippen molar-refractivity contribution in [1.82, 2.24) is 4.31 Å². The van der Waals surface area contributed by atoms with Gasteiger partial charge in [0, 0.05) is 38.0 Å². The van der Waals surface area contributed by atoms with Crippen LogP contribution in [0, 0.1) is 0 Å². The second-order valence-electron chi connectivity index (χ2n) is 8.07. The zero-order valence-corrected chi connectivity index (χ0v) is 20.9. The predicted molar refractivity (Wildman–Crippen MR) is 130 cm³/mol. The minimum Gasteiger partial charge on any atom is -0.370 e. The zero-order valence-electron chi connectivity index (χ0n) is 19.2. The first-order chi connectivity index (χ1) is 15.6. The molecular weight excluding hydrogens is 462 g/mol. The van der Waals surface area contributed by atoms with E-state index in [0.717, 1.165) is 44.3 Å². The Morgan fingerprint density at radius 2 is 1.61 bits per heavy atom. The molecule has 0 aromatic heterocycles. The summed E-state index contributed by atoms with van der Waals surface area (Å²) in [5.41, 5.74) is 1.32. The number of amides is 1. The molecule has 2 aromatic carbocycles. The SMILES string of the molecule is CCN(CC)S(=O)(=O)c1ccc(N2CCCCC2)c(NC(=O)c2cccc(S(C)(=O)=O)c2)c1. The summed E-state index contributed by atoms with van der Waals surface area (Å²) in [7, 11) is -7.19. The molecule has 1 aliphatic rings. The molecule has 1 N–H and O–H groups in total. The van der Waals surface area contributed by atoms with Crippen molar-refractivity contribution in [3.05, 3.63) is 48.0 Å². The van der Waals surface area contributed by atoms with E-state index in [1.165, 1.54) is 34.6 Å². The number of hydrogen-bond acceptors (Lipinski definition) is 6. The summed E-state index contributed by atoms with van der Waals surface area (Å²) >= 11 is 0. The molecular formula is C23H31N3O5S2. The van der Waals surface area contributed by atoms with E-state index in [-0.39, 0.29) is 15.4 Å². The highest BCUT2D eigenvalue weighted by Gasteiger charge is 2.25. The average molecular weight is 494 g/mol. The van der Waals surface area contributed by atoms with Gasteiger partial charge in [0.1, 0.15) is 0 Å². The average Bonchev–Trinajstić information content (AvgIpc) is 2.79. The Labute approximate surface area is 196 Å². The van der Waals surface area contributed by atoms with Gasteiger partial charge in [-0.25, -0.2) is 16.8 Å². The maximum atomic E-state index is 13.1. The van der Waals surface area contributed by atoms with E-state index in [0.29, 0.717) is 18.8 Å². The van der Waals surface area contributed by atoms with Crippen molar-refractivity contribution in [1.29, 1.82) is 0 Å². The number of hydrogen-bond donors (Lipinski definition) is 1. The van der Waals surface area contributed by atoms with E-state index in [1.54, 1.807) is 26.0 Å². The summed E-state index contributed by atoms with van der Waals surface area (Å²) in [5.74, 6) is -0.504. The molecule has 3 rings (SSSR count).